The van der Waals surface area contributed by atoms with Crippen molar-refractivity contribution >= 4 is 45.4 Å². The molecule has 4 aliphatic heterocycles. The molecule has 1 atom stereocenters. The number of fused-ring (bicyclic) bond motifs is 1. The molecule has 5 heterocycles. The summed E-state index contributed by atoms with van der Waals surface area (Å²) in [5.74, 6) is 1.60. The van der Waals surface area contributed by atoms with E-state index in [1.54, 1.807) is 7.11 Å². The zero-order valence-electron chi connectivity index (χ0n) is 29.2. The smallest absolute Gasteiger partial charge is 0.247 e. The SMILES string of the molecule is C=CC(=O)Nc1cc(Nc2cc(N3OCC[C@@H]3c3cccc4ccccc34)ncn2)c(OC)cc1N1CCC(N2CCN(C3COC3)CC2)CC1. The highest BCUT2D eigenvalue weighted by molar-refractivity contribution is 6.02. The van der Waals surface area contributed by atoms with E-state index < -0.39 is 0 Å². The van der Waals surface area contributed by atoms with Crippen LogP contribution in [0.3, 0.4) is 0 Å². The van der Waals surface area contributed by atoms with E-state index in [0.29, 0.717) is 47.5 Å². The number of methoxy groups -OCH3 is 1. The average Bonchev–Trinajstić information content (AvgIpc) is 3.65. The molecule has 2 N–H and O–H groups in total. The normalized spacial score (nSPS) is 20.7. The van der Waals surface area contributed by atoms with E-state index in [2.05, 4.69) is 84.3 Å². The van der Waals surface area contributed by atoms with E-state index in [-0.39, 0.29) is 11.9 Å². The molecule has 12 heteroatoms. The first-order valence-corrected chi connectivity index (χ1v) is 18.0. The van der Waals surface area contributed by atoms with Crippen molar-refractivity contribution in [3.63, 3.8) is 0 Å². The number of anilines is 5. The van der Waals surface area contributed by atoms with E-state index >= 15 is 0 Å². The molecule has 4 aromatic rings. The fourth-order valence-electron chi connectivity index (χ4n) is 7.95. The highest BCUT2D eigenvalue weighted by Gasteiger charge is 2.33. The summed E-state index contributed by atoms with van der Waals surface area (Å²) in [4.78, 5) is 35.5. The van der Waals surface area contributed by atoms with Gasteiger partial charge in [0.2, 0.25) is 5.91 Å². The van der Waals surface area contributed by atoms with Gasteiger partial charge in [-0.15, -0.1) is 0 Å². The molecule has 266 valence electrons. The van der Waals surface area contributed by atoms with Crippen molar-refractivity contribution in [1.82, 2.24) is 19.8 Å². The van der Waals surface area contributed by atoms with E-state index in [4.69, 9.17) is 14.3 Å². The molecule has 0 spiro atoms. The van der Waals surface area contributed by atoms with Crippen LogP contribution in [-0.2, 0) is 14.4 Å². The van der Waals surface area contributed by atoms with E-state index in [9.17, 15) is 4.79 Å². The number of aromatic nitrogens is 2. The molecular formula is C39H46N8O4. The fourth-order valence-corrected chi connectivity index (χ4v) is 7.95. The molecule has 0 saturated carbocycles. The van der Waals surface area contributed by atoms with Gasteiger partial charge in [-0.25, -0.2) is 15.0 Å². The van der Waals surface area contributed by atoms with Gasteiger partial charge in [0.25, 0.3) is 0 Å². The number of carbonyl (C=O) groups excluding carboxylic acids is 1. The minimum absolute atomic E-state index is 0.00423. The summed E-state index contributed by atoms with van der Waals surface area (Å²) in [6, 6.07) is 21.8. The molecule has 3 aromatic carbocycles. The summed E-state index contributed by atoms with van der Waals surface area (Å²) >= 11 is 0. The summed E-state index contributed by atoms with van der Waals surface area (Å²) in [7, 11) is 1.66. The maximum absolute atomic E-state index is 12.7. The standard InChI is InChI=1S/C39H46N8O4/c1-3-39(48)43-32-21-33(36(49-2)22-35(32)46-14-11-28(12-15-46)44-16-18-45(19-17-44)29-24-50-25-29)42-37-23-38(41-26-40-37)47-34(13-20-51-47)31-10-6-8-27-7-4-5-9-30(27)31/h3-10,21-23,26,28-29,34H,1,11-20,24-25H2,2H3,(H,43,48)(H,40,41,42)/t34-/m1/s1. The lowest BCUT2D eigenvalue weighted by Crippen LogP contribution is -2.59. The molecule has 1 amide bonds. The van der Waals surface area contributed by atoms with Gasteiger partial charge >= 0.3 is 0 Å². The number of hydrogen-bond donors (Lipinski definition) is 2. The average molecular weight is 691 g/mol. The predicted molar refractivity (Wildman–Crippen MR) is 200 cm³/mol. The van der Waals surface area contributed by atoms with Crippen molar-refractivity contribution in [3.05, 3.63) is 85.2 Å². The summed E-state index contributed by atoms with van der Waals surface area (Å²) in [5, 5.41) is 10.8. The fraction of sp³-hybridized carbons (Fsp3) is 0.410. The summed E-state index contributed by atoms with van der Waals surface area (Å²) in [6.45, 7) is 12.2. The second-order valence-corrected chi connectivity index (χ2v) is 13.7. The minimum atomic E-state index is -0.271. The van der Waals surface area contributed by atoms with Crippen molar-refractivity contribution in [2.45, 2.75) is 37.4 Å². The molecular weight excluding hydrogens is 644 g/mol. The lowest BCUT2D eigenvalue weighted by atomic mass is 9.97. The van der Waals surface area contributed by atoms with E-state index in [1.165, 1.54) is 28.7 Å². The number of ether oxygens (including phenoxy) is 2. The van der Waals surface area contributed by atoms with Crippen molar-refractivity contribution in [2.24, 2.45) is 0 Å². The number of nitrogens with zero attached hydrogens (tertiary/aromatic N) is 6. The first-order chi connectivity index (χ1) is 25.1. The van der Waals surface area contributed by atoms with E-state index in [1.807, 2.05) is 23.3 Å². The Morgan fingerprint density at radius 1 is 0.902 bits per heavy atom. The highest BCUT2D eigenvalue weighted by atomic mass is 16.7. The number of hydrogen-bond acceptors (Lipinski definition) is 11. The van der Waals surface area contributed by atoms with Crippen LogP contribution in [0.15, 0.2) is 79.6 Å². The number of piperazine rings is 1. The second-order valence-electron chi connectivity index (χ2n) is 13.7. The third-order valence-corrected chi connectivity index (χ3v) is 10.8. The van der Waals surface area contributed by atoms with Gasteiger partial charge in [-0.2, -0.15) is 0 Å². The second kappa shape index (κ2) is 14.8. The Hall–Kier alpha value is -4.75. The molecule has 4 aliphatic rings. The van der Waals surface area contributed by atoms with Crippen LogP contribution in [0.1, 0.15) is 30.9 Å². The third kappa shape index (κ3) is 6.96. The molecule has 4 saturated heterocycles. The van der Waals surface area contributed by atoms with Crippen molar-refractivity contribution < 1.29 is 19.1 Å². The summed E-state index contributed by atoms with van der Waals surface area (Å²) < 4.78 is 11.3. The summed E-state index contributed by atoms with van der Waals surface area (Å²) in [5.41, 5.74) is 3.48. The quantitative estimate of drug-likeness (QED) is 0.210. The van der Waals surface area contributed by atoms with Crippen molar-refractivity contribution in [1.29, 1.82) is 0 Å². The van der Waals surface area contributed by atoms with Crippen molar-refractivity contribution in [2.75, 3.05) is 86.8 Å². The van der Waals surface area contributed by atoms with Crippen LogP contribution >= 0.6 is 0 Å². The zero-order valence-corrected chi connectivity index (χ0v) is 29.2. The number of nitrogens with one attached hydrogen (secondary N) is 2. The first kappa shape index (κ1) is 33.4. The maximum atomic E-state index is 12.7. The van der Waals surface area contributed by atoms with Crippen LogP contribution in [0, 0.1) is 0 Å². The predicted octanol–water partition coefficient (Wildman–Crippen LogP) is 5.37. The van der Waals surface area contributed by atoms with Gasteiger partial charge in [-0.1, -0.05) is 49.0 Å². The summed E-state index contributed by atoms with van der Waals surface area (Å²) in [6.07, 6.45) is 5.79. The van der Waals surface area contributed by atoms with Gasteiger partial charge in [-0.3, -0.25) is 19.4 Å². The van der Waals surface area contributed by atoms with Crippen molar-refractivity contribution in [3.8, 4) is 5.75 Å². The number of amides is 1. The Balaban J connectivity index is 0.997. The zero-order chi connectivity index (χ0) is 34.7. The van der Waals surface area contributed by atoms with E-state index in [0.717, 1.165) is 77.4 Å². The van der Waals surface area contributed by atoms with Gasteiger partial charge in [0.1, 0.15) is 17.9 Å². The van der Waals surface area contributed by atoms with Gasteiger partial charge < -0.3 is 25.0 Å². The minimum Gasteiger partial charge on any atom is -0.494 e. The van der Waals surface area contributed by atoms with Crippen LogP contribution in [0.25, 0.3) is 10.8 Å². The first-order valence-electron chi connectivity index (χ1n) is 18.0. The Bertz CT molecular complexity index is 1860. The lowest BCUT2D eigenvalue weighted by molar-refractivity contribution is -0.111. The largest absolute Gasteiger partial charge is 0.494 e. The molecule has 0 unspecified atom stereocenters. The molecule has 8 rings (SSSR count). The molecule has 0 radical (unpaired) electrons. The third-order valence-electron chi connectivity index (χ3n) is 10.8. The van der Waals surface area contributed by atoms with Gasteiger partial charge in [0.15, 0.2) is 5.82 Å². The monoisotopic (exact) mass is 690 g/mol. The van der Waals surface area contributed by atoms with Crippen LogP contribution in [0.2, 0.25) is 0 Å². The highest BCUT2D eigenvalue weighted by Crippen LogP contribution is 2.41. The number of rotatable bonds is 10. The molecule has 1 aromatic heterocycles. The Morgan fingerprint density at radius 3 is 2.41 bits per heavy atom. The Kier molecular flexibility index (Phi) is 9.72. The maximum Gasteiger partial charge on any atom is 0.247 e. The van der Waals surface area contributed by atoms with Gasteiger partial charge in [0, 0.05) is 63.9 Å². The van der Waals surface area contributed by atoms with Crippen LogP contribution < -0.4 is 25.3 Å². The number of hydroxylamine groups is 1. The van der Waals surface area contributed by atoms with Crippen LogP contribution in [-0.4, -0.2) is 104 Å². The molecule has 0 aliphatic carbocycles. The number of piperidine rings is 1. The lowest BCUT2D eigenvalue weighted by Gasteiger charge is -2.46. The Morgan fingerprint density at radius 2 is 1.67 bits per heavy atom. The number of carbonyl (C=O) groups is 1. The van der Waals surface area contributed by atoms with Gasteiger partial charge in [-0.05, 0) is 41.3 Å². The van der Waals surface area contributed by atoms with Crippen LogP contribution in [0.4, 0.5) is 28.7 Å². The number of benzene rings is 3. The van der Waals surface area contributed by atoms with Crippen LogP contribution in [0.5, 0.6) is 5.75 Å². The van der Waals surface area contributed by atoms with Gasteiger partial charge in [0.05, 0.1) is 56.1 Å². The molecule has 12 nitrogen and oxygen atoms in total. The molecule has 0 bridgehead atoms. The Labute approximate surface area is 298 Å². The topological polar surface area (TPSA) is 108 Å². The molecule has 51 heavy (non-hydrogen) atoms. The molecule has 4 fully saturated rings.